The number of rotatable bonds is 13. The molecule has 0 aliphatic carbocycles. The summed E-state index contributed by atoms with van der Waals surface area (Å²) in [6.07, 6.45) is 0. The van der Waals surface area contributed by atoms with Crippen LogP contribution in [0.5, 0.6) is 11.5 Å². The molecule has 0 aromatic heterocycles. The molecule has 5 aromatic carbocycles. The first-order valence-electron chi connectivity index (χ1n) is 16.0. The van der Waals surface area contributed by atoms with Gasteiger partial charge in [0, 0.05) is 17.7 Å². The third kappa shape index (κ3) is 9.09. The second-order valence-corrected chi connectivity index (χ2v) is 14.6. The fourth-order valence-corrected chi connectivity index (χ4v) is 7.42. The summed E-state index contributed by atoms with van der Waals surface area (Å²) in [5, 5.41) is 0. The van der Waals surface area contributed by atoms with Gasteiger partial charge in [-0.05, 0) is 94.3 Å². The summed E-state index contributed by atoms with van der Waals surface area (Å²) in [4.78, 5) is 29.1. The average Bonchev–Trinajstić information content (AvgIpc) is 3.08. The monoisotopic (exact) mass is 697 g/mol. The largest absolute Gasteiger partial charge is 0.481 e. The van der Waals surface area contributed by atoms with Crippen molar-refractivity contribution in [2.45, 2.75) is 60.5 Å². The van der Waals surface area contributed by atoms with Crippen LogP contribution in [0.4, 0.5) is 8.78 Å². The molecule has 0 saturated heterocycles. The Hall–Kier alpha value is -5.15. The van der Waals surface area contributed by atoms with E-state index in [1.54, 1.807) is 58.9 Å². The molecular formula is C41H39F2O6S+. The predicted molar refractivity (Wildman–Crippen MR) is 188 cm³/mol. The molecule has 0 heterocycles. The van der Waals surface area contributed by atoms with Crippen molar-refractivity contribution in [1.29, 1.82) is 0 Å². The topological polar surface area (TPSA) is 71.1 Å². The van der Waals surface area contributed by atoms with Crippen molar-refractivity contribution in [3.05, 3.63) is 150 Å². The zero-order valence-corrected chi connectivity index (χ0v) is 29.4. The van der Waals surface area contributed by atoms with Crippen molar-refractivity contribution in [3.8, 4) is 11.5 Å². The molecule has 0 aliphatic rings. The van der Waals surface area contributed by atoms with E-state index in [2.05, 4.69) is 0 Å². The van der Waals surface area contributed by atoms with Crippen LogP contribution in [-0.4, -0.2) is 25.2 Å². The highest BCUT2D eigenvalue weighted by atomic mass is 32.2. The first kappa shape index (κ1) is 36.1. The van der Waals surface area contributed by atoms with Gasteiger partial charge in [0.2, 0.25) is 0 Å². The van der Waals surface area contributed by atoms with E-state index >= 15 is 0 Å². The molecule has 0 radical (unpaired) electrons. The molecule has 0 unspecified atom stereocenters. The molecule has 258 valence electrons. The van der Waals surface area contributed by atoms with E-state index in [4.69, 9.17) is 18.9 Å². The number of carbonyl (C=O) groups is 2. The van der Waals surface area contributed by atoms with Crippen LogP contribution < -0.4 is 9.47 Å². The molecule has 5 rings (SSSR count). The van der Waals surface area contributed by atoms with Gasteiger partial charge in [0.25, 0.3) is 0 Å². The summed E-state index contributed by atoms with van der Waals surface area (Å²) in [6.45, 7) is 7.84. The zero-order chi connectivity index (χ0) is 35.9. The Balaban J connectivity index is 1.42. The van der Waals surface area contributed by atoms with Gasteiger partial charge in [-0.15, -0.1) is 0 Å². The first-order chi connectivity index (χ1) is 23.8. The van der Waals surface area contributed by atoms with Crippen molar-refractivity contribution in [3.63, 3.8) is 0 Å². The number of esters is 2. The Morgan fingerprint density at radius 1 is 0.560 bits per heavy atom. The summed E-state index contributed by atoms with van der Waals surface area (Å²) in [5.41, 5.74) is -0.242. The average molecular weight is 698 g/mol. The number of hydrogen-bond acceptors (Lipinski definition) is 6. The van der Waals surface area contributed by atoms with Gasteiger partial charge in [-0.1, -0.05) is 60.7 Å². The maximum Gasteiger partial charge on any atom is 0.345 e. The summed E-state index contributed by atoms with van der Waals surface area (Å²) < 4.78 is 50.7. The van der Waals surface area contributed by atoms with E-state index in [1.807, 2.05) is 72.8 Å². The van der Waals surface area contributed by atoms with E-state index < -0.39 is 47.2 Å². The van der Waals surface area contributed by atoms with Crippen molar-refractivity contribution in [2.24, 2.45) is 0 Å². The molecule has 50 heavy (non-hydrogen) atoms. The van der Waals surface area contributed by atoms with Crippen LogP contribution in [0.25, 0.3) is 0 Å². The smallest absolute Gasteiger partial charge is 0.345 e. The molecule has 0 amide bonds. The highest BCUT2D eigenvalue weighted by Gasteiger charge is 2.32. The Kier molecular flexibility index (Phi) is 11.3. The lowest BCUT2D eigenvalue weighted by molar-refractivity contribution is -0.160. The van der Waals surface area contributed by atoms with Gasteiger partial charge in [-0.25, -0.2) is 18.4 Å². The first-order valence-corrected chi connectivity index (χ1v) is 17.3. The number of ether oxygens (including phenoxy) is 4. The fraction of sp³-hybridized carbons (Fsp3) is 0.220. The molecule has 0 bridgehead atoms. The van der Waals surface area contributed by atoms with E-state index in [1.165, 1.54) is 24.3 Å². The Bertz CT molecular complexity index is 1780. The van der Waals surface area contributed by atoms with Gasteiger partial charge < -0.3 is 18.9 Å². The molecule has 0 N–H and O–H groups in total. The van der Waals surface area contributed by atoms with Gasteiger partial charge in [0.05, 0.1) is 10.9 Å². The van der Waals surface area contributed by atoms with Crippen LogP contribution in [0.2, 0.25) is 0 Å². The summed E-state index contributed by atoms with van der Waals surface area (Å²) in [5.74, 6) is -1.27. The maximum atomic E-state index is 13.5. The van der Waals surface area contributed by atoms with Crippen LogP contribution in [0.15, 0.2) is 136 Å². The molecule has 0 spiro atoms. The van der Waals surface area contributed by atoms with Gasteiger partial charge in [-0.3, -0.25) is 0 Å². The Morgan fingerprint density at radius 2 is 0.920 bits per heavy atom. The molecule has 0 fully saturated rings. The van der Waals surface area contributed by atoms with Crippen LogP contribution in [0.1, 0.15) is 44.4 Å². The minimum atomic E-state index is -1.03. The summed E-state index contributed by atoms with van der Waals surface area (Å²) in [6, 6.07) is 35.2. The number of benzene rings is 5. The second kappa shape index (κ2) is 15.6. The maximum absolute atomic E-state index is 13.5. The predicted octanol–water partition coefficient (Wildman–Crippen LogP) is 9.08. The molecule has 0 saturated carbocycles. The van der Waals surface area contributed by atoms with E-state index in [9.17, 15) is 18.4 Å². The van der Waals surface area contributed by atoms with Crippen molar-refractivity contribution in [2.75, 3.05) is 13.2 Å². The van der Waals surface area contributed by atoms with Gasteiger partial charge in [-0.2, -0.15) is 0 Å². The SMILES string of the molecule is Cc1c(OCC(=O)OC(C)(C)c2ccc(F)cc2)cc([S+](c2ccccc2)c2ccccc2)cc1OCC(=O)OC(C)(C)c1ccc(F)cc1. The summed E-state index contributed by atoms with van der Waals surface area (Å²) in [7, 11) is -0.611. The van der Waals surface area contributed by atoms with Gasteiger partial charge in [0.1, 0.15) is 34.3 Å². The van der Waals surface area contributed by atoms with E-state index in [-0.39, 0.29) is 11.6 Å². The highest BCUT2D eigenvalue weighted by Crippen LogP contribution is 2.39. The third-order valence-corrected chi connectivity index (χ3v) is 10.2. The molecule has 5 aromatic rings. The lowest BCUT2D eigenvalue weighted by Crippen LogP contribution is -2.29. The Labute approximate surface area is 294 Å². The van der Waals surface area contributed by atoms with Crippen LogP contribution in [0, 0.1) is 18.6 Å². The molecule has 9 heteroatoms. The van der Waals surface area contributed by atoms with Gasteiger partial charge >= 0.3 is 11.9 Å². The minimum Gasteiger partial charge on any atom is -0.481 e. The standard InChI is InChI=1S/C41H39F2O6S/c1-28-36(46-26-38(44)48-40(2,3)29-16-20-31(42)21-17-29)24-35(50(33-12-8-6-9-13-33)34-14-10-7-11-15-34)25-37(28)47-27-39(45)49-41(4,5)30-18-22-32(43)23-19-30/h6-25H,26-27H2,1-5H3/q+1. The minimum absolute atomic E-state index is 0.374. The van der Waals surface area contributed by atoms with Crippen LogP contribution >= 0.6 is 0 Å². The van der Waals surface area contributed by atoms with Crippen LogP contribution in [0.3, 0.4) is 0 Å². The quantitative estimate of drug-likeness (QED) is 0.0904. The van der Waals surface area contributed by atoms with E-state index in [0.717, 1.165) is 14.7 Å². The lowest BCUT2D eigenvalue weighted by Gasteiger charge is -2.26. The van der Waals surface area contributed by atoms with Gasteiger partial charge in [0.15, 0.2) is 27.9 Å². The summed E-state index contributed by atoms with van der Waals surface area (Å²) >= 11 is 0. The second-order valence-electron chi connectivity index (χ2n) is 12.5. The highest BCUT2D eigenvalue weighted by molar-refractivity contribution is 7.97. The molecule has 0 atom stereocenters. The van der Waals surface area contributed by atoms with Crippen molar-refractivity contribution >= 4 is 22.8 Å². The Morgan fingerprint density at radius 3 is 1.28 bits per heavy atom. The van der Waals surface area contributed by atoms with Crippen molar-refractivity contribution < 1.29 is 37.3 Å². The number of hydrogen-bond donors (Lipinski definition) is 0. The van der Waals surface area contributed by atoms with Crippen LogP contribution in [-0.2, 0) is 41.2 Å². The van der Waals surface area contributed by atoms with E-state index in [0.29, 0.717) is 28.2 Å². The zero-order valence-electron chi connectivity index (χ0n) is 28.6. The third-order valence-electron chi connectivity index (χ3n) is 7.99. The van der Waals surface area contributed by atoms with Crippen molar-refractivity contribution in [1.82, 2.24) is 0 Å². The normalized spacial score (nSPS) is 11.6. The molecular weight excluding hydrogens is 659 g/mol. The number of halogens is 2. The number of carbonyl (C=O) groups excluding carboxylic acids is 2. The lowest BCUT2D eigenvalue weighted by atomic mass is 9.98. The fourth-order valence-electron chi connectivity index (χ4n) is 5.30. The molecule has 6 nitrogen and oxygen atoms in total. The molecule has 0 aliphatic heterocycles.